The molecular weight excluding hydrogens is 250 g/mol. The van der Waals surface area contributed by atoms with Gasteiger partial charge < -0.3 is 9.15 Å². The summed E-state index contributed by atoms with van der Waals surface area (Å²) in [6.45, 7) is 5.30. The lowest BCUT2D eigenvalue weighted by Gasteiger charge is -2.25. The van der Waals surface area contributed by atoms with Gasteiger partial charge in [0.15, 0.2) is 5.75 Å². The standard InChI is InChI=1S/C17H21NO2/c1-14-5-7-15(8-6-14)20-17-11-16(19-13-17)12-18-9-3-2-4-10-18/h5-8,11,13H,2-4,9-10,12H2,1H3. The minimum atomic E-state index is 0.779. The molecule has 2 aromatic rings. The highest BCUT2D eigenvalue weighted by atomic mass is 16.5. The van der Waals surface area contributed by atoms with E-state index in [1.807, 2.05) is 30.3 Å². The zero-order valence-electron chi connectivity index (χ0n) is 12.0. The largest absolute Gasteiger partial charge is 0.464 e. The second kappa shape index (κ2) is 6.14. The van der Waals surface area contributed by atoms with Gasteiger partial charge in [-0.2, -0.15) is 0 Å². The summed E-state index contributed by atoms with van der Waals surface area (Å²) in [6.07, 6.45) is 5.65. The molecule has 0 radical (unpaired) electrons. The summed E-state index contributed by atoms with van der Waals surface area (Å²) in [4.78, 5) is 2.44. The number of ether oxygens (including phenoxy) is 1. The van der Waals surface area contributed by atoms with Crippen LogP contribution >= 0.6 is 0 Å². The average Bonchev–Trinajstić information content (AvgIpc) is 2.90. The minimum Gasteiger partial charge on any atom is -0.464 e. The first-order chi connectivity index (χ1) is 9.79. The zero-order valence-corrected chi connectivity index (χ0v) is 12.0. The zero-order chi connectivity index (χ0) is 13.8. The lowest BCUT2D eigenvalue weighted by molar-refractivity contribution is 0.205. The van der Waals surface area contributed by atoms with Crippen LogP contribution in [-0.2, 0) is 6.54 Å². The smallest absolute Gasteiger partial charge is 0.165 e. The van der Waals surface area contributed by atoms with Crippen LogP contribution in [0.4, 0.5) is 0 Å². The van der Waals surface area contributed by atoms with Crippen molar-refractivity contribution in [3.8, 4) is 11.5 Å². The Morgan fingerprint density at radius 2 is 1.80 bits per heavy atom. The Bertz CT molecular complexity index is 538. The second-order valence-electron chi connectivity index (χ2n) is 5.50. The monoisotopic (exact) mass is 271 g/mol. The minimum absolute atomic E-state index is 0.779. The summed E-state index contributed by atoms with van der Waals surface area (Å²) in [5, 5.41) is 0. The maximum absolute atomic E-state index is 5.79. The van der Waals surface area contributed by atoms with Crippen molar-refractivity contribution in [3.05, 3.63) is 47.9 Å². The number of benzene rings is 1. The van der Waals surface area contributed by atoms with Gasteiger partial charge in [0.05, 0.1) is 6.54 Å². The van der Waals surface area contributed by atoms with Crippen molar-refractivity contribution < 1.29 is 9.15 Å². The van der Waals surface area contributed by atoms with Crippen LogP contribution in [0.25, 0.3) is 0 Å². The molecule has 1 aliphatic heterocycles. The van der Waals surface area contributed by atoms with E-state index in [1.165, 1.54) is 37.9 Å². The SMILES string of the molecule is Cc1ccc(Oc2coc(CN3CCCCC3)c2)cc1. The maximum Gasteiger partial charge on any atom is 0.165 e. The van der Waals surface area contributed by atoms with Gasteiger partial charge in [0.2, 0.25) is 0 Å². The summed E-state index contributed by atoms with van der Waals surface area (Å²) in [5.41, 5.74) is 1.23. The van der Waals surface area contributed by atoms with E-state index in [4.69, 9.17) is 9.15 Å². The number of hydrogen-bond acceptors (Lipinski definition) is 3. The fourth-order valence-electron chi connectivity index (χ4n) is 2.58. The molecular formula is C17H21NO2. The number of furan rings is 1. The van der Waals surface area contributed by atoms with Gasteiger partial charge in [-0.25, -0.2) is 0 Å². The van der Waals surface area contributed by atoms with E-state index in [0.29, 0.717) is 0 Å². The molecule has 0 spiro atoms. The highest BCUT2D eigenvalue weighted by Gasteiger charge is 2.13. The molecule has 1 aromatic carbocycles. The highest BCUT2D eigenvalue weighted by Crippen LogP contribution is 2.25. The molecule has 0 atom stereocenters. The number of likely N-dealkylation sites (tertiary alicyclic amines) is 1. The number of aryl methyl sites for hydroxylation is 1. The molecule has 3 heteroatoms. The van der Waals surface area contributed by atoms with Crippen LogP contribution in [0.3, 0.4) is 0 Å². The number of nitrogens with zero attached hydrogens (tertiary/aromatic N) is 1. The molecule has 1 saturated heterocycles. The van der Waals surface area contributed by atoms with Gasteiger partial charge in [0, 0.05) is 6.07 Å². The van der Waals surface area contributed by atoms with Gasteiger partial charge >= 0.3 is 0 Å². The van der Waals surface area contributed by atoms with Crippen LogP contribution < -0.4 is 4.74 Å². The summed E-state index contributed by atoms with van der Waals surface area (Å²) in [7, 11) is 0. The summed E-state index contributed by atoms with van der Waals surface area (Å²) in [6, 6.07) is 10.0. The van der Waals surface area contributed by atoms with Crippen LogP contribution in [0.1, 0.15) is 30.6 Å². The fourth-order valence-corrected chi connectivity index (χ4v) is 2.58. The second-order valence-corrected chi connectivity index (χ2v) is 5.50. The quantitative estimate of drug-likeness (QED) is 0.826. The number of rotatable bonds is 4. The summed E-state index contributed by atoms with van der Waals surface area (Å²) in [5.74, 6) is 2.61. The first-order valence-electron chi connectivity index (χ1n) is 7.34. The molecule has 0 bridgehead atoms. The van der Waals surface area contributed by atoms with Crippen molar-refractivity contribution in [2.75, 3.05) is 13.1 Å². The van der Waals surface area contributed by atoms with Crippen molar-refractivity contribution in [1.82, 2.24) is 4.90 Å². The van der Waals surface area contributed by atoms with Crippen molar-refractivity contribution >= 4 is 0 Å². The van der Waals surface area contributed by atoms with Crippen molar-refractivity contribution in [1.29, 1.82) is 0 Å². The number of piperidine rings is 1. The van der Waals surface area contributed by atoms with Crippen LogP contribution in [0.2, 0.25) is 0 Å². The topological polar surface area (TPSA) is 25.6 Å². The molecule has 20 heavy (non-hydrogen) atoms. The molecule has 0 saturated carbocycles. The third-order valence-corrected chi connectivity index (χ3v) is 3.71. The van der Waals surface area contributed by atoms with Gasteiger partial charge in [-0.05, 0) is 45.0 Å². The number of hydrogen-bond donors (Lipinski definition) is 0. The van der Waals surface area contributed by atoms with E-state index < -0.39 is 0 Å². The Morgan fingerprint density at radius 3 is 2.55 bits per heavy atom. The molecule has 1 aliphatic rings. The maximum atomic E-state index is 5.79. The Kier molecular flexibility index (Phi) is 4.07. The predicted molar refractivity (Wildman–Crippen MR) is 79.1 cm³/mol. The van der Waals surface area contributed by atoms with Crippen molar-refractivity contribution in [2.45, 2.75) is 32.7 Å². The molecule has 106 valence electrons. The fraction of sp³-hybridized carbons (Fsp3) is 0.412. The van der Waals surface area contributed by atoms with E-state index in [0.717, 1.165) is 23.8 Å². The first kappa shape index (κ1) is 13.3. The van der Waals surface area contributed by atoms with Crippen LogP contribution in [-0.4, -0.2) is 18.0 Å². The van der Waals surface area contributed by atoms with Crippen molar-refractivity contribution in [2.24, 2.45) is 0 Å². The van der Waals surface area contributed by atoms with Crippen LogP contribution in [0.5, 0.6) is 11.5 Å². The van der Waals surface area contributed by atoms with E-state index in [-0.39, 0.29) is 0 Å². The van der Waals surface area contributed by atoms with E-state index in [9.17, 15) is 0 Å². The summed E-state index contributed by atoms with van der Waals surface area (Å²) >= 11 is 0. The van der Waals surface area contributed by atoms with E-state index in [2.05, 4.69) is 11.8 Å². The van der Waals surface area contributed by atoms with E-state index in [1.54, 1.807) is 6.26 Å². The molecule has 3 rings (SSSR count). The van der Waals surface area contributed by atoms with Gasteiger partial charge in [-0.3, -0.25) is 4.90 Å². The molecule has 2 heterocycles. The highest BCUT2D eigenvalue weighted by molar-refractivity contribution is 5.32. The molecule has 1 aromatic heterocycles. The molecule has 0 N–H and O–H groups in total. The Hall–Kier alpha value is -1.74. The Morgan fingerprint density at radius 1 is 1.05 bits per heavy atom. The van der Waals surface area contributed by atoms with Crippen LogP contribution in [0.15, 0.2) is 41.0 Å². The Labute approximate surface area is 120 Å². The third-order valence-electron chi connectivity index (χ3n) is 3.71. The lowest BCUT2D eigenvalue weighted by atomic mass is 10.1. The molecule has 0 unspecified atom stereocenters. The third kappa shape index (κ3) is 3.42. The molecule has 0 aliphatic carbocycles. The van der Waals surface area contributed by atoms with Crippen molar-refractivity contribution in [3.63, 3.8) is 0 Å². The molecule has 1 fully saturated rings. The van der Waals surface area contributed by atoms with E-state index >= 15 is 0 Å². The van der Waals surface area contributed by atoms with Gasteiger partial charge in [0.25, 0.3) is 0 Å². The predicted octanol–water partition coefficient (Wildman–Crippen LogP) is 4.37. The first-order valence-corrected chi connectivity index (χ1v) is 7.34. The lowest BCUT2D eigenvalue weighted by Crippen LogP contribution is -2.28. The van der Waals surface area contributed by atoms with Gasteiger partial charge in [-0.15, -0.1) is 0 Å². The normalized spacial score (nSPS) is 16.2. The van der Waals surface area contributed by atoms with Gasteiger partial charge in [-0.1, -0.05) is 24.1 Å². The molecule has 3 nitrogen and oxygen atoms in total. The van der Waals surface area contributed by atoms with Gasteiger partial charge in [0.1, 0.15) is 17.8 Å². The Balaban J connectivity index is 1.60. The average molecular weight is 271 g/mol. The summed E-state index contributed by atoms with van der Waals surface area (Å²) < 4.78 is 11.4. The van der Waals surface area contributed by atoms with Crippen LogP contribution in [0, 0.1) is 6.92 Å². The molecule has 0 amide bonds.